The lowest BCUT2D eigenvalue weighted by atomic mass is 9.75. The molecule has 3 aromatic rings. The largest absolute Gasteiger partial charge is 0.471 e. The third kappa shape index (κ3) is 24.4. The summed E-state index contributed by atoms with van der Waals surface area (Å²) < 4.78 is 227. The Labute approximate surface area is 451 Å². The number of rotatable bonds is 28. The number of halogens is 18. The van der Waals surface area contributed by atoms with Crippen LogP contribution in [0.25, 0.3) is 0 Å². The molecule has 0 saturated carbocycles. The third-order valence-electron chi connectivity index (χ3n) is 11.3. The Kier molecular flexibility index (Phi) is 27.7. The van der Waals surface area contributed by atoms with Crippen molar-refractivity contribution in [3.8, 4) is 0 Å². The standard InChI is InChI=1S/C34H35F9N4O3.C15H21F9N4O3/c35-32(36,37)28(48)44-19-10-21-46(30(50)34(41,42)43)22-12-24-47(23-11-20-45-29(49)33(38,39)40)31(25-13-4-1-5-14-25,26-15-6-2-7-16-26)27-17-8-3-9-18-27;16-13(17,18)10(29)26-6-1-4-25-5-2-8-28(12(31)15(22,23)24)9-3-7-27-11(30)14(19,20)21/h1-9,13-18H,10-12,19-24H2,(H,44,48)(H,45,49);25H,1-9H2,(H,26,29)(H,27,30). The average molecular weight is 1200 g/mol. The summed E-state index contributed by atoms with van der Waals surface area (Å²) in [6, 6.07) is 27.0. The SMILES string of the molecule is O=C(NCCCN(CCCN(CCCNC(=O)C(F)(F)F)C(c1ccccc1)(c1ccccc1)c1ccccc1)C(=O)C(F)(F)F)C(F)(F)F.O=C(NCCCNCCCN(CCCNC(=O)C(F)(F)F)C(=O)C(F)(F)F)C(F)(F)F. The predicted molar refractivity (Wildman–Crippen MR) is 253 cm³/mol. The van der Waals surface area contributed by atoms with E-state index in [1.807, 2.05) is 46.6 Å². The Bertz CT molecular complexity index is 2310. The molecule has 0 atom stereocenters. The molecule has 81 heavy (non-hydrogen) atoms. The third-order valence-corrected chi connectivity index (χ3v) is 11.3. The van der Waals surface area contributed by atoms with Gasteiger partial charge in [0.2, 0.25) is 0 Å². The number of carbonyl (C=O) groups is 6. The van der Waals surface area contributed by atoms with Crippen LogP contribution in [-0.4, -0.2) is 166 Å². The van der Waals surface area contributed by atoms with Crippen molar-refractivity contribution in [2.45, 2.75) is 81.1 Å². The Morgan fingerprint density at radius 3 is 0.852 bits per heavy atom. The normalized spacial score (nSPS) is 12.4. The van der Waals surface area contributed by atoms with Crippen molar-refractivity contribution in [2.24, 2.45) is 0 Å². The van der Waals surface area contributed by atoms with Crippen molar-refractivity contribution < 1.29 is 108 Å². The van der Waals surface area contributed by atoms with E-state index in [1.165, 1.54) is 5.32 Å². The molecule has 32 heteroatoms. The van der Waals surface area contributed by atoms with E-state index in [1.54, 1.807) is 65.2 Å². The molecule has 0 saturated heterocycles. The van der Waals surface area contributed by atoms with E-state index in [2.05, 4.69) is 5.32 Å². The van der Waals surface area contributed by atoms with E-state index in [-0.39, 0.29) is 71.4 Å². The van der Waals surface area contributed by atoms with Crippen LogP contribution in [0, 0.1) is 0 Å². The van der Waals surface area contributed by atoms with Crippen LogP contribution in [0.15, 0.2) is 91.0 Å². The van der Waals surface area contributed by atoms with Gasteiger partial charge in [0.25, 0.3) is 0 Å². The number of hydrogen-bond donors (Lipinski definition) is 5. The van der Waals surface area contributed by atoms with Gasteiger partial charge in [-0.3, -0.25) is 33.7 Å². The number of amides is 6. The van der Waals surface area contributed by atoms with Crippen molar-refractivity contribution in [2.75, 3.05) is 78.5 Å². The lowest BCUT2D eigenvalue weighted by molar-refractivity contribution is -0.185. The van der Waals surface area contributed by atoms with Crippen molar-refractivity contribution in [3.63, 3.8) is 0 Å². The van der Waals surface area contributed by atoms with Gasteiger partial charge in [0.15, 0.2) is 0 Å². The van der Waals surface area contributed by atoms with E-state index < -0.39 is 124 Å². The Balaban J connectivity index is 0.000000622. The number of hydrogen-bond acceptors (Lipinski definition) is 8. The highest BCUT2D eigenvalue weighted by Gasteiger charge is 2.46. The first kappa shape index (κ1) is 70.2. The summed E-state index contributed by atoms with van der Waals surface area (Å²) in [6.45, 7) is -3.78. The van der Waals surface area contributed by atoms with E-state index in [9.17, 15) is 108 Å². The fraction of sp³-hybridized carbons (Fsp3) is 0.510. The molecule has 0 heterocycles. The van der Waals surface area contributed by atoms with Crippen LogP contribution in [0.4, 0.5) is 79.0 Å². The summed E-state index contributed by atoms with van der Waals surface area (Å²) in [5.74, 6) is -13.2. The second-order valence-electron chi connectivity index (χ2n) is 17.3. The van der Waals surface area contributed by atoms with Gasteiger partial charge in [-0.2, -0.15) is 79.0 Å². The summed E-state index contributed by atoms with van der Waals surface area (Å²) in [4.78, 5) is 70.2. The Morgan fingerprint density at radius 2 is 0.556 bits per heavy atom. The molecule has 3 rings (SSSR count). The summed E-state index contributed by atoms with van der Waals surface area (Å²) in [5.41, 5.74) is 0.958. The minimum atomic E-state index is -5.30. The first-order valence-corrected chi connectivity index (χ1v) is 24.3. The van der Waals surface area contributed by atoms with Crippen LogP contribution in [0.2, 0.25) is 0 Å². The lowest BCUT2D eigenvalue weighted by Crippen LogP contribution is -2.50. The van der Waals surface area contributed by atoms with Gasteiger partial charge in [-0.25, -0.2) is 0 Å². The topological polar surface area (TPSA) is 172 Å². The van der Waals surface area contributed by atoms with Crippen LogP contribution >= 0.6 is 0 Å². The van der Waals surface area contributed by atoms with Crippen molar-refractivity contribution >= 4 is 35.4 Å². The second kappa shape index (κ2) is 32.0. The molecule has 0 radical (unpaired) electrons. The van der Waals surface area contributed by atoms with Gasteiger partial charge in [0.1, 0.15) is 0 Å². The van der Waals surface area contributed by atoms with Crippen molar-refractivity contribution in [1.29, 1.82) is 0 Å². The van der Waals surface area contributed by atoms with E-state index in [0.29, 0.717) is 26.5 Å². The minimum absolute atomic E-state index is 0.00560. The number of nitrogens with one attached hydrogen (secondary N) is 5. The van der Waals surface area contributed by atoms with Gasteiger partial charge < -0.3 is 36.4 Å². The van der Waals surface area contributed by atoms with Gasteiger partial charge in [-0.15, -0.1) is 0 Å². The zero-order chi connectivity index (χ0) is 61.3. The maximum Gasteiger partial charge on any atom is 0.471 e. The van der Waals surface area contributed by atoms with E-state index in [0.717, 1.165) is 0 Å². The molecule has 0 unspecified atom stereocenters. The summed E-state index contributed by atoms with van der Waals surface area (Å²) >= 11 is 0. The lowest BCUT2D eigenvalue weighted by Gasteiger charge is -2.46. The van der Waals surface area contributed by atoms with Gasteiger partial charge in [-0.1, -0.05) is 91.0 Å². The van der Waals surface area contributed by atoms with Crippen LogP contribution in [0.1, 0.15) is 55.2 Å². The van der Waals surface area contributed by atoms with Crippen LogP contribution in [-0.2, 0) is 34.3 Å². The molecule has 5 N–H and O–H groups in total. The highest BCUT2D eigenvalue weighted by atomic mass is 19.4. The molecule has 0 aliphatic carbocycles. The molecule has 454 valence electrons. The Hall–Kier alpha value is -6.86. The first-order chi connectivity index (χ1) is 37.5. The molecule has 0 bridgehead atoms. The number of alkyl halides is 18. The van der Waals surface area contributed by atoms with E-state index in [4.69, 9.17) is 0 Å². The molecule has 0 aliphatic rings. The molecule has 0 fully saturated rings. The molecule has 6 amide bonds. The van der Waals surface area contributed by atoms with Crippen LogP contribution < -0.4 is 26.6 Å². The molecular weight excluding hydrogens is 1140 g/mol. The number of benzene rings is 3. The van der Waals surface area contributed by atoms with Gasteiger partial charge >= 0.3 is 72.5 Å². The fourth-order valence-electron chi connectivity index (χ4n) is 7.73. The Morgan fingerprint density at radius 1 is 0.309 bits per heavy atom. The molecular formula is C49H56F18N8O6. The zero-order valence-corrected chi connectivity index (χ0v) is 42.5. The van der Waals surface area contributed by atoms with E-state index >= 15 is 0 Å². The number of carbonyl (C=O) groups excluding carboxylic acids is 6. The minimum Gasteiger partial charge on any atom is -0.348 e. The van der Waals surface area contributed by atoms with Gasteiger partial charge in [0.05, 0.1) is 5.54 Å². The molecule has 0 aromatic heterocycles. The number of nitrogens with zero attached hydrogens (tertiary/aromatic N) is 3. The molecule has 3 aromatic carbocycles. The second-order valence-corrected chi connectivity index (χ2v) is 17.3. The van der Waals surface area contributed by atoms with Gasteiger partial charge in [-0.05, 0) is 68.3 Å². The monoisotopic (exact) mass is 1190 g/mol. The molecule has 0 aliphatic heterocycles. The summed E-state index contributed by atoms with van der Waals surface area (Å²) in [7, 11) is 0. The smallest absolute Gasteiger partial charge is 0.348 e. The predicted octanol–water partition coefficient (Wildman–Crippen LogP) is 7.69. The highest BCUT2D eigenvalue weighted by molar-refractivity contribution is 5.84. The first-order valence-electron chi connectivity index (χ1n) is 24.3. The maximum absolute atomic E-state index is 13.6. The van der Waals surface area contributed by atoms with Gasteiger partial charge in [0, 0.05) is 65.4 Å². The zero-order valence-electron chi connectivity index (χ0n) is 42.5. The van der Waals surface area contributed by atoms with Crippen LogP contribution in [0.3, 0.4) is 0 Å². The summed E-state index contributed by atoms with van der Waals surface area (Å²) in [6.07, 6.45) is -31.7. The quantitative estimate of drug-likeness (QED) is 0.0280. The van der Waals surface area contributed by atoms with Crippen LogP contribution in [0.5, 0.6) is 0 Å². The summed E-state index contributed by atoms with van der Waals surface area (Å²) in [5, 5.41) is 9.19. The maximum atomic E-state index is 13.6. The highest BCUT2D eigenvalue weighted by Crippen LogP contribution is 2.43. The fourth-order valence-corrected chi connectivity index (χ4v) is 7.73. The van der Waals surface area contributed by atoms with Crippen molar-refractivity contribution in [1.82, 2.24) is 41.3 Å². The molecule has 14 nitrogen and oxygen atoms in total. The average Bonchev–Trinajstić information content (AvgIpc) is 3.55. The molecule has 0 spiro atoms. The van der Waals surface area contributed by atoms with Crippen molar-refractivity contribution in [3.05, 3.63) is 108 Å².